The summed E-state index contributed by atoms with van der Waals surface area (Å²) in [6.07, 6.45) is 6.42. The maximum Gasteiger partial charge on any atom is 0.0440 e. The van der Waals surface area contributed by atoms with Gasteiger partial charge < -0.3 is 5.32 Å². The Morgan fingerprint density at radius 1 is 1.41 bits per heavy atom. The Kier molecular flexibility index (Phi) is 4.47. The molecule has 94 valence electrons. The first-order chi connectivity index (χ1) is 8.20. The third kappa shape index (κ3) is 3.72. The highest BCUT2D eigenvalue weighted by Crippen LogP contribution is 2.34. The van der Waals surface area contributed by atoms with Crippen molar-refractivity contribution in [3.8, 4) is 0 Å². The van der Waals surface area contributed by atoms with Gasteiger partial charge in [0.05, 0.1) is 0 Å². The molecule has 0 saturated heterocycles. The minimum atomic E-state index is 0.722. The standard InChI is InChI=1S/C15H22ClN/c1-11-6-7-12(14(16)10-11)4-3-5-15(17-2)13-8-9-13/h6-7,10,13,15,17H,3-5,8-9H2,1-2H3. The molecule has 0 amide bonds. The molecule has 1 aromatic carbocycles. The van der Waals surface area contributed by atoms with Gasteiger partial charge in [0.2, 0.25) is 0 Å². The van der Waals surface area contributed by atoms with Crippen molar-refractivity contribution in [2.45, 2.75) is 45.1 Å². The zero-order chi connectivity index (χ0) is 12.3. The van der Waals surface area contributed by atoms with Crippen molar-refractivity contribution in [3.05, 3.63) is 34.3 Å². The van der Waals surface area contributed by atoms with E-state index in [9.17, 15) is 0 Å². The second-order valence-electron chi connectivity index (χ2n) is 5.22. The van der Waals surface area contributed by atoms with E-state index >= 15 is 0 Å². The van der Waals surface area contributed by atoms with Gasteiger partial charge >= 0.3 is 0 Å². The summed E-state index contributed by atoms with van der Waals surface area (Å²) in [5.74, 6) is 0.938. The molecule has 0 spiro atoms. The van der Waals surface area contributed by atoms with Gasteiger partial charge in [-0.2, -0.15) is 0 Å². The van der Waals surface area contributed by atoms with Crippen LogP contribution in [0.1, 0.15) is 36.8 Å². The molecule has 2 heteroatoms. The summed E-state index contributed by atoms with van der Waals surface area (Å²) in [5, 5.41) is 4.37. The van der Waals surface area contributed by atoms with Gasteiger partial charge in [-0.3, -0.25) is 0 Å². The molecule has 1 nitrogen and oxygen atoms in total. The molecule has 0 heterocycles. The Bertz CT molecular complexity index is 371. The van der Waals surface area contributed by atoms with Crippen LogP contribution in [0, 0.1) is 12.8 Å². The quantitative estimate of drug-likeness (QED) is 0.807. The minimum absolute atomic E-state index is 0.722. The zero-order valence-corrected chi connectivity index (χ0v) is 11.6. The van der Waals surface area contributed by atoms with Gasteiger partial charge in [-0.1, -0.05) is 23.7 Å². The molecule has 2 rings (SSSR count). The van der Waals surface area contributed by atoms with Crippen molar-refractivity contribution >= 4 is 11.6 Å². The SMILES string of the molecule is CNC(CCCc1ccc(C)cc1Cl)C1CC1. The van der Waals surface area contributed by atoms with Crippen LogP contribution in [0.25, 0.3) is 0 Å². The second kappa shape index (κ2) is 5.88. The van der Waals surface area contributed by atoms with Crippen LogP contribution in [0.3, 0.4) is 0 Å². The molecule has 1 aromatic rings. The maximum atomic E-state index is 6.24. The molecule has 1 fully saturated rings. The topological polar surface area (TPSA) is 12.0 Å². The average molecular weight is 252 g/mol. The maximum absolute atomic E-state index is 6.24. The number of halogens is 1. The Morgan fingerprint density at radius 3 is 2.76 bits per heavy atom. The van der Waals surface area contributed by atoms with E-state index in [1.54, 1.807) is 0 Å². The average Bonchev–Trinajstić information content (AvgIpc) is 3.11. The van der Waals surface area contributed by atoms with Crippen LogP contribution in [0.5, 0.6) is 0 Å². The molecular formula is C15H22ClN. The van der Waals surface area contributed by atoms with Crippen LogP contribution < -0.4 is 5.32 Å². The summed E-state index contributed by atoms with van der Waals surface area (Å²) in [4.78, 5) is 0. The van der Waals surface area contributed by atoms with Gasteiger partial charge in [0.15, 0.2) is 0 Å². The van der Waals surface area contributed by atoms with Crippen molar-refractivity contribution < 1.29 is 0 Å². The molecule has 1 unspecified atom stereocenters. The molecule has 1 aliphatic rings. The van der Waals surface area contributed by atoms with E-state index in [2.05, 4.69) is 37.5 Å². The monoisotopic (exact) mass is 251 g/mol. The molecule has 1 atom stereocenters. The zero-order valence-electron chi connectivity index (χ0n) is 10.8. The van der Waals surface area contributed by atoms with Crippen LogP contribution in [0.4, 0.5) is 0 Å². The van der Waals surface area contributed by atoms with Gasteiger partial charge in [0.1, 0.15) is 0 Å². The van der Waals surface area contributed by atoms with E-state index in [1.807, 2.05) is 0 Å². The van der Waals surface area contributed by atoms with E-state index in [4.69, 9.17) is 11.6 Å². The molecule has 17 heavy (non-hydrogen) atoms. The molecule has 0 aliphatic heterocycles. The normalized spacial score (nSPS) is 17.1. The largest absolute Gasteiger partial charge is 0.317 e. The van der Waals surface area contributed by atoms with E-state index in [-0.39, 0.29) is 0 Å². The third-order valence-electron chi connectivity index (χ3n) is 3.73. The van der Waals surface area contributed by atoms with E-state index < -0.39 is 0 Å². The van der Waals surface area contributed by atoms with Crippen molar-refractivity contribution in [3.63, 3.8) is 0 Å². The lowest BCUT2D eigenvalue weighted by Crippen LogP contribution is -2.27. The van der Waals surface area contributed by atoms with Gasteiger partial charge in [-0.25, -0.2) is 0 Å². The van der Waals surface area contributed by atoms with E-state index in [0.717, 1.165) is 23.4 Å². The molecule has 0 radical (unpaired) electrons. The number of rotatable bonds is 6. The fourth-order valence-corrected chi connectivity index (χ4v) is 2.81. The summed E-state index contributed by atoms with van der Waals surface area (Å²) in [7, 11) is 2.09. The highest BCUT2D eigenvalue weighted by atomic mass is 35.5. The predicted molar refractivity (Wildman–Crippen MR) is 74.7 cm³/mol. The van der Waals surface area contributed by atoms with Gasteiger partial charge in [0, 0.05) is 11.1 Å². The molecule has 0 aromatic heterocycles. The lowest BCUT2D eigenvalue weighted by molar-refractivity contribution is 0.456. The highest BCUT2D eigenvalue weighted by Gasteiger charge is 2.29. The molecule has 0 bridgehead atoms. The van der Waals surface area contributed by atoms with Gasteiger partial charge in [0.25, 0.3) is 0 Å². The lowest BCUT2D eigenvalue weighted by Gasteiger charge is -2.15. The summed E-state index contributed by atoms with van der Waals surface area (Å²) < 4.78 is 0. The van der Waals surface area contributed by atoms with E-state index in [1.165, 1.54) is 36.8 Å². The first-order valence-corrected chi connectivity index (χ1v) is 7.01. The van der Waals surface area contributed by atoms with Crippen LogP contribution in [0.15, 0.2) is 18.2 Å². The van der Waals surface area contributed by atoms with Crippen molar-refractivity contribution in [1.29, 1.82) is 0 Å². The van der Waals surface area contributed by atoms with Crippen LogP contribution in [-0.2, 0) is 6.42 Å². The van der Waals surface area contributed by atoms with Crippen LogP contribution >= 0.6 is 11.6 Å². The number of hydrogen-bond donors (Lipinski definition) is 1. The molecule has 1 aliphatic carbocycles. The van der Waals surface area contributed by atoms with Crippen molar-refractivity contribution in [1.82, 2.24) is 5.32 Å². The Labute approximate surface area is 110 Å². The first kappa shape index (κ1) is 12.9. The first-order valence-electron chi connectivity index (χ1n) is 6.63. The fraction of sp³-hybridized carbons (Fsp3) is 0.600. The number of hydrogen-bond acceptors (Lipinski definition) is 1. The number of benzene rings is 1. The summed E-state index contributed by atoms with van der Waals surface area (Å²) >= 11 is 6.24. The van der Waals surface area contributed by atoms with Crippen molar-refractivity contribution in [2.75, 3.05) is 7.05 Å². The highest BCUT2D eigenvalue weighted by molar-refractivity contribution is 6.31. The Balaban J connectivity index is 1.80. The minimum Gasteiger partial charge on any atom is -0.317 e. The summed E-state index contributed by atoms with van der Waals surface area (Å²) in [5.41, 5.74) is 2.53. The summed E-state index contributed by atoms with van der Waals surface area (Å²) in [6.45, 7) is 2.08. The second-order valence-corrected chi connectivity index (χ2v) is 5.63. The Hall–Kier alpha value is -0.530. The molecule has 1 N–H and O–H groups in total. The van der Waals surface area contributed by atoms with Gasteiger partial charge in [-0.15, -0.1) is 0 Å². The number of aryl methyl sites for hydroxylation is 2. The Morgan fingerprint density at radius 2 is 2.18 bits per heavy atom. The third-order valence-corrected chi connectivity index (χ3v) is 4.08. The number of nitrogens with one attached hydrogen (secondary N) is 1. The van der Waals surface area contributed by atoms with Gasteiger partial charge in [-0.05, 0) is 69.2 Å². The molecule has 1 saturated carbocycles. The fourth-order valence-electron chi connectivity index (χ4n) is 2.48. The summed E-state index contributed by atoms with van der Waals surface area (Å²) in [6, 6.07) is 7.10. The smallest absolute Gasteiger partial charge is 0.0440 e. The predicted octanol–water partition coefficient (Wildman–Crippen LogP) is 3.97. The lowest BCUT2D eigenvalue weighted by atomic mass is 10.0. The van der Waals surface area contributed by atoms with Crippen LogP contribution in [-0.4, -0.2) is 13.1 Å². The van der Waals surface area contributed by atoms with Crippen LogP contribution in [0.2, 0.25) is 5.02 Å². The van der Waals surface area contributed by atoms with E-state index in [0.29, 0.717) is 0 Å². The molecular weight excluding hydrogens is 230 g/mol. The van der Waals surface area contributed by atoms with Crippen molar-refractivity contribution in [2.24, 2.45) is 5.92 Å².